The number of carbonyl (C=O) groups is 1. The molecule has 3 rings (SSSR count). The molecule has 1 heterocycles. The van der Waals surface area contributed by atoms with Crippen LogP contribution in [0.2, 0.25) is 0 Å². The summed E-state index contributed by atoms with van der Waals surface area (Å²) < 4.78 is 26.3. The summed E-state index contributed by atoms with van der Waals surface area (Å²) in [6, 6.07) is 6.41. The standard InChI is InChI=1S/C20H28NO6P/c22-20(23)15-27-18-10-4-5-11-19(18)28(24,25)21(14-17-9-6-12-26-17)13-16-7-2-1-3-8-16/h1-2,4-5,10-11,16-17H,3,6-9,12-15H2,(H,22,23)(H,24,25)/t16-,17-/m1/s1. The fraction of sp³-hybridized carbons (Fsp3) is 0.550. The van der Waals surface area contributed by atoms with Crippen LogP contribution in [0.25, 0.3) is 0 Å². The molecule has 1 fully saturated rings. The van der Waals surface area contributed by atoms with E-state index in [1.54, 1.807) is 22.9 Å². The minimum absolute atomic E-state index is 0.0632. The Bertz CT molecular complexity index is 746. The number of carboxylic acids is 1. The molecular weight excluding hydrogens is 381 g/mol. The molecule has 1 saturated heterocycles. The van der Waals surface area contributed by atoms with Crippen LogP contribution in [0.15, 0.2) is 36.4 Å². The van der Waals surface area contributed by atoms with Crippen molar-refractivity contribution in [3.8, 4) is 5.75 Å². The number of carboxylic acid groups (broad SMARTS) is 1. The normalized spacial score (nSPS) is 24.2. The third kappa shape index (κ3) is 5.45. The highest BCUT2D eigenvalue weighted by Gasteiger charge is 2.37. The van der Waals surface area contributed by atoms with Gasteiger partial charge in [-0.2, -0.15) is 0 Å². The van der Waals surface area contributed by atoms with Crippen LogP contribution in [-0.2, 0) is 14.1 Å². The summed E-state index contributed by atoms with van der Waals surface area (Å²) >= 11 is 0. The van der Waals surface area contributed by atoms with Gasteiger partial charge in [0.25, 0.3) is 0 Å². The van der Waals surface area contributed by atoms with Crippen molar-refractivity contribution in [3.05, 3.63) is 36.4 Å². The molecule has 3 atom stereocenters. The zero-order valence-electron chi connectivity index (χ0n) is 15.9. The lowest BCUT2D eigenvalue weighted by atomic mass is 9.94. The summed E-state index contributed by atoms with van der Waals surface area (Å²) in [4.78, 5) is 22.0. The first-order valence-corrected chi connectivity index (χ1v) is 11.4. The van der Waals surface area contributed by atoms with E-state index in [1.807, 2.05) is 0 Å². The lowest BCUT2D eigenvalue weighted by Crippen LogP contribution is -2.37. The minimum atomic E-state index is -3.96. The van der Waals surface area contributed by atoms with Crippen molar-refractivity contribution in [2.24, 2.45) is 5.92 Å². The molecule has 0 aromatic heterocycles. The van der Waals surface area contributed by atoms with Crippen molar-refractivity contribution in [2.75, 3.05) is 26.3 Å². The third-order valence-electron chi connectivity index (χ3n) is 5.20. The molecule has 1 aromatic rings. The maximum Gasteiger partial charge on any atom is 0.341 e. The van der Waals surface area contributed by atoms with E-state index in [0.29, 0.717) is 25.6 Å². The number of ether oxygens (including phenoxy) is 2. The number of allylic oxidation sites excluding steroid dienone is 2. The monoisotopic (exact) mass is 409 g/mol. The van der Waals surface area contributed by atoms with Crippen molar-refractivity contribution >= 4 is 18.8 Å². The van der Waals surface area contributed by atoms with Crippen molar-refractivity contribution in [2.45, 2.75) is 38.2 Å². The Morgan fingerprint density at radius 1 is 1.25 bits per heavy atom. The Labute approximate surface area is 165 Å². The first kappa shape index (κ1) is 21.1. The van der Waals surface area contributed by atoms with Gasteiger partial charge in [-0.3, -0.25) is 4.57 Å². The summed E-state index contributed by atoms with van der Waals surface area (Å²) in [6.45, 7) is 0.987. The highest BCUT2D eigenvalue weighted by Crippen LogP contribution is 2.48. The number of aliphatic carboxylic acids is 1. The maximum atomic E-state index is 13.6. The molecule has 28 heavy (non-hydrogen) atoms. The molecule has 1 unspecified atom stereocenters. The number of benzene rings is 1. The number of hydrogen-bond donors (Lipinski definition) is 2. The van der Waals surface area contributed by atoms with Crippen molar-refractivity contribution in [1.82, 2.24) is 4.67 Å². The lowest BCUT2D eigenvalue weighted by Gasteiger charge is -2.33. The Morgan fingerprint density at radius 2 is 2.07 bits per heavy atom. The topological polar surface area (TPSA) is 96.3 Å². The molecule has 0 bridgehead atoms. The van der Waals surface area contributed by atoms with Gasteiger partial charge in [0.05, 0.1) is 11.4 Å². The van der Waals surface area contributed by atoms with E-state index in [0.717, 1.165) is 32.1 Å². The molecular formula is C20H28NO6P. The van der Waals surface area contributed by atoms with Gasteiger partial charge < -0.3 is 19.5 Å². The molecule has 0 spiro atoms. The molecule has 7 nitrogen and oxygen atoms in total. The highest BCUT2D eigenvalue weighted by molar-refractivity contribution is 7.64. The fourth-order valence-corrected chi connectivity index (χ4v) is 5.62. The molecule has 1 aliphatic carbocycles. The molecule has 1 aliphatic heterocycles. The van der Waals surface area contributed by atoms with Crippen LogP contribution >= 0.6 is 7.52 Å². The van der Waals surface area contributed by atoms with Crippen LogP contribution in [0.5, 0.6) is 5.75 Å². The summed E-state index contributed by atoms with van der Waals surface area (Å²) in [5.41, 5.74) is 0. The zero-order valence-corrected chi connectivity index (χ0v) is 16.8. The van der Waals surface area contributed by atoms with Gasteiger partial charge in [0, 0.05) is 19.7 Å². The second kappa shape index (κ2) is 9.70. The van der Waals surface area contributed by atoms with Crippen LogP contribution in [0, 0.1) is 5.92 Å². The predicted molar refractivity (Wildman–Crippen MR) is 106 cm³/mol. The van der Waals surface area contributed by atoms with Gasteiger partial charge in [0.1, 0.15) is 5.75 Å². The third-order valence-corrected chi connectivity index (χ3v) is 7.29. The van der Waals surface area contributed by atoms with Gasteiger partial charge in [-0.05, 0) is 50.2 Å². The van der Waals surface area contributed by atoms with Crippen molar-refractivity contribution < 1.29 is 28.8 Å². The van der Waals surface area contributed by atoms with E-state index in [9.17, 15) is 14.3 Å². The molecule has 2 aliphatic rings. The van der Waals surface area contributed by atoms with Crippen LogP contribution < -0.4 is 10.0 Å². The molecule has 154 valence electrons. The molecule has 0 saturated carbocycles. The van der Waals surface area contributed by atoms with E-state index in [-0.39, 0.29) is 17.2 Å². The van der Waals surface area contributed by atoms with E-state index < -0.39 is 20.1 Å². The fourth-order valence-electron chi connectivity index (χ4n) is 3.75. The minimum Gasteiger partial charge on any atom is -0.481 e. The molecule has 8 heteroatoms. The average molecular weight is 409 g/mol. The highest BCUT2D eigenvalue weighted by atomic mass is 31.2. The number of hydrogen-bond acceptors (Lipinski definition) is 4. The number of para-hydroxylation sites is 1. The first-order chi connectivity index (χ1) is 13.5. The molecule has 0 radical (unpaired) electrons. The molecule has 0 amide bonds. The summed E-state index contributed by atoms with van der Waals surface area (Å²) in [7, 11) is -3.96. The van der Waals surface area contributed by atoms with Gasteiger partial charge in [-0.1, -0.05) is 24.3 Å². The summed E-state index contributed by atoms with van der Waals surface area (Å²) in [6.07, 6.45) is 8.89. The second-order valence-electron chi connectivity index (χ2n) is 7.35. The summed E-state index contributed by atoms with van der Waals surface area (Å²) in [5, 5.41) is 9.03. The Kier molecular flexibility index (Phi) is 7.30. The molecule has 2 N–H and O–H groups in total. The van der Waals surface area contributed by atoms with Crippen LogP contribution in [0.1, 0.15) is 32.1 Å². The predicted octanol–water partition coefficient (Wildman–Crippen LogP) is 2.80. The van der Waals surface area contributed by atoms with Gasteiger partial charge in [-0.25, -0.2) is 9.46 Å². The van der Waals surface area contributed by atoms with E-state index in [1.165, 1.54) is 6.07 Å². The van der Waals surface area contributed by atoms with Gasteiger partial charge in [0.15, 0.2) is 6.61 Å². The van der Waals surface area contributed by atoms with Gasteiger partial charge in [0.2, 0.25) is 0 Å². The van der Waals surface area contributed by atoms with Crippen LogP contribution in [0.4, 0.5) is 0 Å². The summed E-state index contributed by atoms with van der Waals surface area (Å²) in [5.74, 6) is -0.691. The quantitative estimate of drug-likeness (QED) is 0.478. The zero-order chi connectivity index (χ0) is 20.0. The second-order valence-corrected chi connectivity index (χ2v) is 9.49. The number of nitrogens with zero attached hydrogens (tertiary/aromatic N) is 1. The smallest absolute Gasteiger partial charge is 0.341 e. The molecule has 1 aromatic carbocycles. The van der Waals surface area contributed by atoms with Crippen LogP contribution in [0.3, 0.4) is 0 Å². The number of rotatable bonds is 9. The van der Waals surface area contributed by atoms with Crippen molar-refractivity contribution in [1.29, 1.82) is 0 Å². The Hall–Kier alpha value is -1.66. The average Bonchev–Trinajstić information content (AvgIpc) is 3.20. The van der Waals surface area contributed by atoms with E-state index in [2.05, 4.69) is 12.2 Å². The van der Waals surface area contributed by atoms with Crippen molar-refractivity contribution in [3.63, 3.8) is 0 Å². The van der Waals surface area contributed by atoms with Gasteiger partial charge >= 0.3 is 13.5 Å². The lowest BCUT2D eigenvalue weighted by molar-refractivity contribution is -0.139. The van der Waals surface area contributed by atoms with Crippen LogP contribution in [-0.4, -0.2) is 53.0 Å². The Balaban J connectivity index is 1.84. The Morgan fingerprint density at radius 3 is 2.75 bits per heavy atom. The van der Waals surface area contributed by atoms with Gasteiger partial charge in [-0.15, -0.1) is 0 Å². The van der Waals surface area contributed by atoms with E-state index >= 15 is 0 Å². The first-order valence-electron chi connectivity index (χ1n) is 9.76. The SMILES string of the molecule is O=C(O)COc1ccccc1P(=O)(O)N(C[C@@H]1CC=CCC1)C[C@H]1CCCO1. The van der Waals surface area contributed by atoms with E-state index in [4.69, 9.17) is 14.6 Å². The maximum absolute atomic E-state index is 13.6. The largest absolute Gasteiger partial charge is 0.481 e.